The van der Waals surface area contributed by atoms with Crippen LogP contribution >= 0.6 is 0 Å². The van der Waals surface area contributed by atoms with Gasteiger partial charge in [-0.2, -0.15) is 0 Å². The molecule has 2 fully saturated rings. The maximum absolute atomic E-state index is 11.4. The average Bonchev–Trinajstić information content (AvgIpc) is 2.68. The van der Waals surface area contributed by atoms with Crippen molar-refractivity contribution < 1.29 is 40.2 Å². The van der Waals surface area contributed by atoms with Crippen molar-refractivity contribution in [3.05, 3.63) is 0 Å². The third kappa shape index (κ3) is 13.6. The molecule has 8 atom stereocenters. The maximum Gasteiger partial charge on any atom is 0.334 e. The van der Waals surface area contributed by atoms with E-state index in [-0.39, 0.29) is 17.7 Å². The smallest absolute Gasteiger partial charge is 0.334 e. The molecule has 0 aromatic carbocycles. The van der Waals surface area contributed by atoms with Crippen molar-refractivity contribution >= 4 is 11.9 Å². The van der Waals surface area contributed by atoms with Crippen LogP contribution in [0.3, 0.4) is 0 Å². The van der Waals surface area contributed by atoms with Crippen LogP contribution in [-0.4, -0.2) is 62.3 Å². The van der Waals surface area contributed by atoms with Gasteiger partial charge in [0.1, 0.15) is 18.3 Å². The van der Waals surface area contributed by atoms with E-state index in [1.165, 1.54) is 33.1 Å². The number of esters is 1. The molecule has 2 unspecified atom stereocenters. The first-order valence-corrected chi connectivity index (χ1v) is 12.6. The SMILES string of the molecule is CC(C)[C@@H]1CC[C@@H](C)C[C@H]1O.CC(O)C(=O)O.CC(O)C(=O)O[C@@H]1C[C@H](C)CC[C@H]1C(C)C.[OH-]. The van der Waals surface area contributed by atoms with Gasteiger partial charge in [-0.05, 0) is 75.0 Å². The van der Waals surface area contributed by atoms with Gasteiger partial charge in [0, 0.05) is 0 Å². The van der Waals surface area contributed by atoms with Crippen LogP contribution in [-0.2, 0) is 14.3 Å². The number of carboxylic acids is 1. The molecular formula is C26H51O8-. The van der Waals surface area contributed by atoms with Crippen LogP contribution in [0.4, 0.5) is 0 Å². The highest BCUT2D eigenvalue weighted by Crippen LogP contribution is 2.35. The van der Waals surface area contributed by atoms with Crippen molar-refractivity contribution in [2.75, 3.05) is 0 Å². The lowest BCUT2D eigenvalue weighted by Crippen LogP contribution is -2.37. The molecule has 8 nitrogen and oxygen atoms in total. The summed E-state index contributed by atoms with van der Waals surface area (Å²) >= 11 is 0. The van der Waals surface area contributed by atoms with Crippen molar-refractivity contribution in [2.45, 2.75) is 118 Å². The van der Waals surface area contributed by atoms with E-state index in [9.17, 15) is 14.7 Å². The third-order valence-electron chi connectivity index (χ3n) is 6.91. The molecule has 0 aromatic rings. The number of rotatable bonds is 5. The molecule has 0 aromatic heterocycles. The quantitative estimate of drug-likeness (QED) is 0.419. The highest BCUT2D eigenvalue weighted by atomic mass is 16.6. The van der Waals surface area contributed by atoms with Gasteiger partial charge in [-0.15, -0.1) is 0 Å². The predicted octanol–water partition coefficient (Wildman–Crippen LogP) is 4.09. The molecule has 2 aliphatic carbocycles. The minimum Gasteiger partial charge on any atom is -0.870 e. The lowest BCUT2D eigenvalue weighted by atomic mass is 9.75. The summed E-state index contributed by atoms with van der Waals surface area (Å²) in [6.45, 7) is 15.8. The Morgan fingerprint density at radius 1 is 0.765 bits per heavy atom. The van der Waals surface area contributed by atoms with Gasteiger partial charge in [0.2, 0.25) is 0 Å². The van der Waals surface area contributed by atoms with Crippen LogP contribution in [0, 0.1) is 35.5 Å². The molecule has 0 bridgehead atoms. The fourth-order valence-corrected chi connectivity index (χ4v) is 4.65. The van der Waals surface area contributed by atoms with Crippen molar-refractivity contribution in [3.63, 3.8) is 0 Å². The fourth-order valence-electron chi connectivity index (χ4n) is 4.65. The number of aliphatic hydroxyl groups is 3. The highest BCUT2D eigenvalue weighted by Gasteiger charge is 2.34. The Morgan fingerprint density at radius 3 is 1.53 bits per heavy atom. The van der Waals surface area contributed by atoms with E-state index in [0.29, 0.717) is 29.6 Å². The highest BCUT2D eigenvalue weighted by molar-refractivity contribution is 5.74. The molecule has 34 heavy (non-hydrogen) atoms. The van der Waals surface area contributed by atoms with Gasteiger partial charge in [-0.3, -0.25) is 0 Å². The van der Waals surface area contributed by atoms with E-state index in [2.05, 4.69) is 41.5 Å². The normalized spacial score (nSPS) is 30.5. The number of carboxylic acid groups (broad SMARTS) is 1. The topological polar surface area (TPSA) is 154 Å². The third-order valence-corrected chi connectivity index (χ3v) is 6.91. The van der Waals surface area contributed by atoms with E-state index in [4.69, 9.17) is 20.1 Å². The maximum atomic E-state index is 11.4. The number of carbonyl (C=O) groups excluding carboxylic acids is 1. The summed E-state index contributed by atoms with van der Waals surface area (Å²) in [5, 5.41) is 34.6. The van der Waals surface area contributed by atoms with Crippen LogP contribution in [0.1, 0.15) is 93.9 Å². The molecule has 0 radical (unpaired) electrons. The Hall–Kier alpha value is -1.22. The molecule has 8 heteroatoms. The molecule has 2 rings (SSSR count). The van der Waals surface area contributed by atoms with Crippen LogP contribution in [0.5, 0.6) is 0 Å². The Bertz CT molecular complexity index is 561. The van der Waals surface area contributed by atoms with Crippen LogP contribution in [0.25, 0.3) is 0 Å². The minimum atomic E-state index is -1.23. The van der Waals surface area contributed by atoms with Gasteiger partial charge in [0.15, 0.2) is 0 Å². The zero-order valence-electron chi connectivity index (χ0n) is 22.5. The lowest BCUT2D eigenvalue weighted by molar-refractivity contribution is -0.164. The number of aliphatic hydroxyl groups excluding tert-OH is 3. The Kier molecular flexibility index (Phi) is 17.7. The van der Waals surface area contributed by atoms with Gasteiger partial charge < -0.3 is 30.6 Å². The first-order chi connectivity index (χ1) is 15.2. The molecule has 0 saturated heterocycles. The summed E-state index contributed by atoms with van der Waals surface area (Å²) in [6.07, 6.45) is 4.53. The lowest BCUT2D eigenvalue weighted by Gasteiger charge is -2.36. The molecule has 0 heterocycles. The summed E-state index contributed by atoms with van der Waals surface area (Å²) in [7, 11) is 0. The molecule has 2 saturated carbocycles. The molecule has 204 valence electrons. The standard InChI is InChI=1S/C13H24O3.C10H20O.C3H6O3.H2O/c1-8(2)11-6-5-9(3)7-12(11)16-13(15)10(4)14;1-7(2)9-5-4-8(3)6-10(9)11;1-2(4)3(5)6;/h8-12,14H,5-7H2,1-4H3;7-11H,4-6H2,1-3H3;2,4H,1H3,(H,5,6);1H2/p-1/t9-,10?,11+,12-;8-,9+,10-;;/m11../s1. The Labute approximate surface area is 206 Å². The van der Waals surface area contributed by atoms with Gasteiger partial charge in [0.25, 0.3) is 0 Å². The zero-order chi connectivity index (χ0) is 25.9. The van der Waals surface area contributed by atoms with Crippen molar-refractivity contribution in [1.82, 2.24) is 0 Å². The number of aliphatic carboxylic acids is 1. The van der Waals surface area contributed by atoms with Gasteiger partial charge >= 0.3 is 11.9 Å². The molecule has 0 aliphatic heterocycles. The van der Waals surface area contributed by atoms with E-state index in [1.807, 2.05) is 0 Å². The first kappa shape index (κ1) is 34.9. The van der Waals surface area contributed by atoms with Crippen LogP contribution in [0.2, 0.25) is 0 Å². The fraction of sp³-hybridized carbons (Fsp3) is 0.923. The second-order valence-corrected chi connectivity index (χ2v) is 10.9. The molecule has 2 aliphatic rings. The monoisotopic (exact) mass is 491 g/mol. The largest absolute Gasteiger partial charge is 0.870 e. The Balaban J connectivity index is 0. The van der Waals surface area contributed by atoms with E-state index in [1.54, 1.807) is 0 Å². The average molecular weight is 492 g/mol. The first-order valence-electron chi connectivity index (χ1n) is 12.6. The number of hydrogen-bond donors (Lipinski definition) is 4. The van der Waals surface area contributed by atoms with E-state index < -0.39 is 24.1 Å². The molecular weight excluding hydrogens is 440 g/mol. The second-order valence-electron chi connectivity index (χ2n) is 10.9. The molecule has 5 N–H and O–H groups in total. The van der Waals surface area contributed by atoms with E-state index in [0.717, 1.165) is 25.2 Å². The van der Waals surface area contributed by atoms with Crippen LogP contribution in [0.15, 0.2) is 0 Å². The predicted molar refractivity (Wildman–Crippen MR) is 132 cm³/mol. The summed E-state index contributed by atoms with van der Waals surface area (Å²) < 4.78 is 5.41. The second kappa shape index (κ2) is 17.2. The molecule has 0 spiro atoms. The summed E-state index contributed by atoms with van der Waals surface area (Å²) in [4.78, 5) is 20.9. The van der Waals surface area contributed by atoms with E-state index >= 15 is 0 Å². The van der Waals surface area contributed by atoms with Gasteiger partial charge in [-0.1, -0.05) is 54.4 Å². The Morgan fingerprint density at radius 2 is 1.18 bits per heavy atom. The van der Waals surface area contributed by atoms with Gasteiger partial charge in [0.05, 0.1) is 6.10 Å². The number of ether oxygens (including phenoxy) is 1. The van der Waals surface area contributed by atoms with Crippen molar-refractivity contribution in [1.29, 1.82) is 0 Å². The summed E-state index contributed by atoms with van der Waals surface area (Å²) in [5.41, 5.74) is 0. The van der Waals surface area contributed by atoms with Gasteiger partial charge in [-0.25, -0.2) is 9.59 Å². The van der Waals surface area contributed by atoms with Crippen molar-refractivity contribution in [3.8, 4) is 0 Å². The summed E-state index contributed by atoms with van der Waals surface area (Å²) in [6, 6.07) is 0. The van der Waals surface area contributed by atoms with Crippen LogP contribution < -0.4 is 0 Å². The minimum absolute atomic E-state index is 0. The van der Waals surface area contributed by atoms with Crippen molar-refractivity contribution in [2.24, 2.45) is 35.5 Å². The number of hydrogen-bond acceptors (Lipinski definition) is 7. The molecule has 0 amide bonds. The zero-order valence-corrected chi connectivity index (χ0v) is 22.5. The summed E-state index contributed by atoms with van der Waals surface area (Å²) in [5.74, 6) is 1.86. The number of carbonyl (C=O) groups is 2.